The van der Waals surface area contributed by atoms with Crippen molar-refractivity contribution in [3.8, 4) is 0 Å². The molecule has 0 saturated carbocycles. The second-order valence-electron chi connectivity index (χ2n) is 0.735. The Balaban J connectivity index is -0.0000000150. The summed E-state index contributed by atoms with van der Waals surface area (Å²) in [6.45, 7) is 4.64. The van der Waals surface area contributed by atoms with Gasteiger partial charge in [-0.25, -0.2) is 0 Å². The zero-order valence-electron chi connectivity index (χ0n) is 5.36. The molecule has 0 fully saturated rings. The maximum atomic E-state index is 7.86. The summed E-state index contributed by atoms with van der Waals surface area (Å²) < 4.78 is 0. The molecule has 0 heterocycles. The number of hydrogen-bond acceptors (Lipinski definition) is 1. The number of hydrogen-bond donors (Lipinski definition) is 1. The summed E-state index contributed by atoms with van der Waals surface area (Å²) >= 11 is 0. The van der Waals surface area contributed by atoms with Gasteiger partial charge in [0.15, 0.2) is 0 Å². The van der Waals surface area contributed by atoms with Crippen LogP contribution in [0.2, 0.25) is 0 Å². The van der Waals surface area contributed by atoms with E-state index in [2.05, 4.69) is 6.58 Å². The summed E-state index contributed by atoms with van der Waals surface area (Å²) in [5.74, 6) is 0.167. The summed E-state index contributed by atoms with van der Waals surface area (Å²) in [5.41, 5.74) is 0. The molecular weight excluding hydrogens is 92.1 g/mol. The second-order valence-corrected chi connectivity index (χ2v) is 0.735. The molecule has 0 unspecified atom stereocenters. The minimum Gasteiger partial charge on any atom is -1.00 e. The van der Waals surface area contributed by atoms with E-state index in [1.807, 2.05) is 0 Å². The Morgan fingerprint density at radius 1 is 2.00 bits per heavy atom. The summed E-state index contributed by atoms with van der Waals surface area (Å²) in [6, 6.07) is 0. The predicted molar refractivity (Wildman–Crippen MR) is 25.4 cm³/mol. The van der Waals surface area contributed by atoms with E-state index >= 15 is 0 Å². The third-order valence-corrected chi connectivity index (χ3v) is 0. The van der Waals surface area contributed by atoms with Crippen molar-refractivity contribution in [3.63, 3.8) is 0 Å². The second kappa shape index (κ2) is 4.80. The molecule has 0 aromatic heterocycles. The molecule has 0 saturated heterocycles. The molecule has 0 aliphatic heterocycles. The van der Waals surface area contributed by atoms with Gasteiger partial charge in [-0.05, 0) is 6.92 Å². The molecule has 0 aromatic carbocycles. The first kappa shape index (κ1) is 9.25. The van der Waals surface area contributed by atoms with Crippen LogP contribution in [0, 0.1) is 0 Å². The molecular formula is C3H8CaO. The van der Waals surface area contributed by atoms with Crippen LogP contribution in [0.5, 0.6) is 0 Å². The van der Waals surface area contributed by atoms with Gasteiger partial charge in [0.2, 0.25) is 0 Å². The third-order valence-electron chi connectivity index (χ3n) is 0. The van der Waals surface area contributed by atoms with Crippen molar-refractivity contribution in [2.45, 2.75) is 6.92 Å². The van der Waals surface area contributed by atoms with Gasteiger partial charge >= 0.3 is 37.7 Å². The van der Waals surface area contributed by atoms with E-state index in [0.29, 0.717) is 0 Å². The average Bonchev–Trinajstić information content (AvgIpc) is 0.811. The number of rotatable bonds is 0. The predicted octanol–water partition coefficient (Wildman–Crippen LogP) is 0.922. The molecule has 0 rings (SSSR count). The molecule has 0 atom stereocenters. The van der Waals surface area contributed by atoms with Crippen molar-refractivity contribution in [3.05, 3.63) is 12.3 Å². The van der Waals surface area contributed by atoms with Crippen LogP contribution < -0.4 is 0 Å². The van der Waals surface area contributed by atoms with Crippen LogP contribution in [0.25, 0.3) is 0 Å². The van der Waals surface area contributed by atoms with Crippen LogP contribution in [0.1, 0.15) is 9.78 Å². The van der Waals surface area contributed by atoms with Gasteiger partial charge in [0.25, 0.3) is 0 Å². The van der Waals surface area contributed by atoms with E-state index in [4.69, 9.17) is 5.11 Å². The number of allylic oxidation sites excluding steroid dienone is 1. The normalized spacial score (nSPS) is 5.00. The minimum absolute atomic E-state index is 0. The Kier molecular flexibility index (Phi) is 8.88. The number of aliphatic hydroxyl groups excluding tert-OH is 1. The molecule has 0 spiro atoms. The van der Waals surface area contributed by atoms with Crippen molar-refractivity contribution in [1.82, 2.24) is 0 Å². The van der Waals surface area contributed by atoms with Gasteiger partial charge in [0, 0.05) is 0 Å². The Morgan fingerprint density at radius 3 is 2.00 bits per heavy atom. The van der Waals surface area contributed by atoms with E-state index in [1.54, 1.807) is 0 Å². The largest absolute Gasteiger partial charge is 2.00 e. The van der Waals surface area contributed by atoms with Gasteiger partial charge in [-0.2, -0.15) is 0 Å². The number of aliphatic hydroxyl groups is 1. The molecule has 1 nitrogen and oxygen atoms in total. The van der Waals surface area contributed by atoms with E-state index in [-0.39, 0.29) is 46.4 Å². The van der Waals surface area contributed by atoms with Crippen molar-refractivity contribution in [2.75, 3.05) is 0 Å². The van der Waals surface area contributed by atoms with Gasteiger partial charge in [-0.3, -0.25) is 0 Å². The van der Waals surface area contributed by atoms with E-state index in [1.165, 1.54) is 6.92 Å². The first-order valence-electron chi connectivity index (χ1n) is 1.08. The Labute approximate surface area is 64.7 Å². The average molecular weight is 100 g/mol. The molecule has 0 aromatic rings. The summed E-state index contributed by atoms with van der Waals surface area (Å²) in [5, 5.41) is 7.86. The van der Waals surface area contributed by atoms with Crippen LogP contribution in [0.4, 0.5) is 0 Å². The summed E-state index contributed by atoms with van der Waals surface area (Å²) in [7, 11) is 0. The minimum atomic E-state index is 0. The maximum Gasteiger partial charge on any atom is 2.00 e. The van der Waals surface area contributed by atoms with Crippen molar-refractivity contribution < 1.29 is 7.96 Å². The SMILES string of the molecule is C=C(C)O.[Ca+2].[H-].[H-]. The molecule has 0 amide bonds. The molecule has 0 aliphatic carbocycles. The molecule has 28 valence electrons. The molecule has 0 aliphatic rings. The van der Waals surface area contributed by atoms with Crippen LogP contribution in [-0.2, 0) is 0 Å². The fourth-order valence-corrected chi connectivity index (χ4v) is 0. The Morgan fingerprint density at radius 2 is 2.00 bits per heavy atom. The smallest absolute Gasteiger partial charge is 1.00 e. The van der Waals surface area contributed by atoms with Gasteiger partial charge in [-0.1, -0.05) is 6.58 Å². The molecule has 0 radical (unpaired) electrons. The van der Waals surface area contributed by atoms with E-state index < -0.39 is 0 Å². The molecule has 1 N–H and O–H groups in total. The van der Waals surface area contributed by atoms with Crippen molar-refractivity contribution in [1.29, 1.82) is 0 Å². The van der Waals surface area contributed by atoms with Crippen molar-refractivity contribution in [2.24, 2.45) is 0 Å². The first-order valence-corrected chi connectivity index (χ1v) is 1.08. The molecule has 0 bridgehead atoms. The fraction of sp³-hybridized carbons (Fsp3) is 0.333. The Hall–Kier alpha value is 0.800. The monoisotopic (exact) mass is 100 g/mol. The van der Waals surface area contributed by atoms with Crippen LogP contribution in [-0.4, -0.2) is 42.8 Å². The van der Waals surface area contributed by atoms with Gasteiger partial charge in [0.1, 0.15) is 0 Å². The zero-order chi connectivity index (χ0) is 3.58. The van der Waals surface area contributed by atoms with Crippen molar-refractivity contribution >= 4 is 37.7 Å². The third kappa shape index (κ3) is 58.8. The maximum absolute atomic E-state index is 7.86. The summed E-state index contributed by atoms with van der Waals surface area (Å²) in [6.07, 6.45) is 0. The first-order chi connectivity index (χ1) is 1.73. The topological polar surface area (TPSA) is 20.2 Å². The zero-order valence-corrected chi connectivity index (χ0v) is 5.57. The van der Waals surface area contributed by atoms with Gasteiger partial charge < -0.3 is 7.96 Å². The van der Waals surface area contributed by atoms with Crippen LogP contribution in [0.3, 0.4) is 0 Å². The molecule has 2 heteroatoms. The summed E-state index contributed by atoms with van der Waals surface area (Å²) in [4.78, 5) is 0. The van der Waals surface area contributed by atoms with Crippen LogP contribution >= 0.6 is 0 Å². The quantitative estimate of drug-likeness (QED) is 0.354. The van der Waals surface area contributed by atoms with E-state index in [9.17, 15) is 0 Å². The fourth-order valence-electron chi connectivity index (χ4n) is 0. The Bertz CT molecular complexity index is 35.9. The van der Waals surface area contributed by atoms with E-state index in [0.717, 1.165) is 0 Å². The standard InChI is InChI=1S/C3H6O.Ca.2H/c1-3(2)4;;;/h4H,1H2,2H3;;;/q;+2;2*-1. The van der Waals surface area contributed by atoms with Gasteiger partial charge in [-0.15, -0.1) is 0 Å². The van der Waals surface area contributed by atoms with Crippen LogP contribution in [0.15, 0.2) is 12.3 Å². The van der Waals surface area contributed by atoms with Gasteiger partial charge in [0.05, 0.1) is 5.76 Å². The molecule has 5 heavy (non-hydrogen) atoms.